The maximum Gasteiger partial charge on any atom is 0.259 e. The molecule has 0 unspecified atom stereocenters. The average molecular weight is 411 g/mol. The minimum absolute atomic E-state index is 0.0507. The second-order valence-electron chi connectivity index (χ2n) is 7.62. The lowest BCUT2D eigenvalue weighted by atomic mass is 10.2. The van der Waals surface area contributed by atoms with E-state index in [0.717, 1.165) is 53.7 Å². The molecule has 0 aliphatic heterocycles. The molecule has 0 saturated heterocycles. The molecule has 4 rings (SSSR count). The molecule has 1 aliphatic rings. The summed E-state index contributed by atoms with van der Waals surface area (Å²) >= 11 is 1.64. The van der Waals surface area contributed by atoms with Gasteiger partial charge in [-0.3, -0.25) is 14.5 Å². The number of para-hydroxylation sites is 1. The Balaban J connectivity index is 1.50. The third-order valence-corrected chi connectivity index (χ3v) is 6.51. The van der Waals surface area contributed by atoms with Crippen molar-refractivity contribution in [3.05, 3.63) is 56.4 Å². The molecule has 3 aromatic rings. The van der Waals surface area contributed by atoms with Gasteiger partial charge in [-0.1, -0.05) is 25.1 Å². The minimum atomic E-state index is -0.0636. The summed E-state index contributed by atoms with van der Waals surface area (Å²) in [5.74, 6) is 0.561. The molecule has 29 heavy (non-hydrogen) atoms. The normalized spacial score (nSPS) is 13.2. The number of fused-ring (bicyclic) bond motifs is 3. The Bertz CT molecular complexity index is 1100. The Morgan fingerprint density at radius 3 is 2.93 bits per heavy atom. The second-order valence-corrected chi connectivity index (χ2v) is 8.71. The van der Waals surface area contributed by atoms with Gasteiger partial charge in [0.25, 0.3) is 5.56 Å². The number of H-pyrrole nitrogens is 1. The van der Waals surface area contributed by atoms with Crippen LogP contribution in [0.1, 0.15) is 41.6 Å². The highest BCUT2D eigenvalue weighted by Crippen LogP contribution is 2.34. The molecule has 6 nitrogen and oxygen atoms in total. The summed E-state index contributed by atoms with van der Waals surface area (Å²) in [7, 11) is 0. The van der Waals surface area contributed by atoms with Crippen molar-refractivity contribution in [1.29, 1.82) is 0 Å². The van der Waals surface area contributed by atoms with Gasteiger partial charge in [-0.15, -0.1) is 11.3 Å². The van der Waals surface area contributed by atoms with E-state index in [9.17, 15) is 9.59 Å². The third-order valence-electron chi connectivity index (χ3n) is 5.32. The zero-order valence-electron chi connectivity index (χ0n) is 16.9. The van der Waals surface area contributed by atoms with Crippen LogP contribution >= 0.6 is 11.3 Å². The van der Waals surface area contributed by atoms with Gasteiger partial charge in [0, 0.05) is 10.6 Å². The molecule has 2 aromatic heterocycles. The number of aromatic amines is 1. The van der Waals surface area contributed by atoms with Crippen LogP contribution in [0.3, 0.4) is 0 Å². The van der Waals surface area contributed by atoms with Gasteiger partial charge in [0.15, 0.2) is 0 Å². The Hall–Kier alpha value is -2.51. The highest BCUT2D eigenvalue weighted by atomic mass is 32.1. The number of carbonyl (C=O) groups excluding carboxylic acids is 1. The SMILES string of the molecule is CCCN(CC(=O)Nc1ccccc1C)Cc1nc2sc3c(c2c(=O)[nH]1)CCC3. The molecule has 152 valence electrons. The number of nitrogens with one attached hydrogen (secondary N) is 2. The fourth-order valence-electron chi connectivity index (χ4n) is 3.97. The number of anilines is 1. The highest BCUT2D eigenvalue weighted by molar-refractivity contribution is 7.18. The molecule has 0 bridgehead atoms. The lowest BCUT2D eigenvalue weighted by molar-refractivity contribution is -0.117. The van der Waals surface area contributed by atoms with E-state index in [1.165, 1.54) is 10.4 Å². The summed E-state index contributed by atoms with van der Waals surface area (Å²) in [6.45, 7) is 5.51. The Morgan fingerprint density at radius 2 is 2.14 bits per heavy atom. The van der Waals surface area contributed by atoms with E-state index in [4.69, 9.17) is 4.98 Å². The van der Waals surface area contributed by atoms with Crippen molar-refractivity contribution in [3.8, 4) is 0 Å². The average Bonchev–Trinajstić information content (AvgIpc) is 3.24. The summed E-state index contributed by atoms with van der Waals surface area (Å²) in [4.78, 5) is 37.1. The van der Waals surface area contributed by atoms with Crippen molar-refractivity contribution in [3.63, 3.8) is 0 Å². The number of hydrogen-bond donors (Lipinski definition) is 2. The fraction of sp³-hybridized carbons (Fsp3) is 0.409. The van der Waals surface area contributed by atoms with E-state index < -0.39 is 0 Å². The Kier molecular flexibility index (Phi) is 5.78. The van der Waals surface area contributed by atoms with E-state index >= 15 is 0 Å². The monoisotopic (exact) mass is 410 g/mol. The predicted octanol–water partition coefficient (Wildman–Crippen LogP) is 3.63. The number of thiophene rings is 1. The first-order chi connectivity index (χ1) is 14.0. The van der Waals surface area contributed by atoms with Crippen LogP contribution in [-0.4, -0.2) is 33.9 Å². The molecule has 0 radical (unpaired) electrons. The van der Waals surface area contributed by atoms with Crippen molar-refractivity contribution in [1.82, 2.24) is 14.9 Å². The Labute approximate surface area is 174 Å². The summed E-state index contributed by atoms with van der Waals surface area (Å²) in [5, 5.41) is 3.75. The first-order valence-electron chi connectivity index (χ1n) is 10.2. The number of carbonyl (C=O) groups is 1. The first-order valence-corrected chi connectivity index (χ1v) is 11.0. The van der Waals surface area contributed by atoms with E-state index in [1.807, 2.05) is 36.1 Å². The molecule has 0 saturated carbocycles. The molecular weight excluding hydrogens is 384 g/mol. The van der Waals surface area contributed by atoms with Crippen molar-refractivity contribution in [2.24, 2.45) is 0 Å². The van der Waals surface area contributed by atoms with Crippen LogP contribution in [0.4, 0.5) is 5.69 Å². The van der Waals surface area contributed by atoms with Gasteiger partial charge in [-0.25, -0.2) is 4.98 Å². The van der Waals surface area contributed by atoms with Crippen molar-refractivity contribution < 1.29 is 4.79 Å². The molecule has 1 aliphatic carbocycles. The number of nitrogens with zero attached hydrogens (tertiary/aromatic N) is 2. The Morgan fingerprint density at radius 1 is 1.31 bits per heavy atom. The molecule has 0 atom stereocenters. The number of aromatic nitrogens is 2. The van der Waals surface area contributed by atoms with Crippen LogP contribution in [-0.2, 0) is 24.2 Å². The van der Waals surface area contributed by atoms with Gasteiger partial charge in [0.05, 0.1) is 18.5 Å². The van der Waals surface area contributed by atoms with Gasteiger partial charge in [0.1, 0.15) is 10.7 Å². The van der Waals surface area contributed by atoms with Crippen LogP contribution in [0.2, 0.25) is 0 Å². The van der Waals surface area contributed by atoms with Crippen LogP contribution < -0.4 is 10.9 Å². The number of benzene rings is 1. The first kappa shape index (κ1) is 19.8. The summed E-state index contributed by atoms with van der Waals surface area (Å²) in [5.41, 5.74) is 3.00. The molecule has 1 aromatic carbocycles. The van der Waals surface area contributed by atoms with Crippen molar-refractivity contribution in [2.75, 3.05) is 18.4 Å². The number of rotatable bonds is 7. The molecule has 2 N–H and O–H groups in total. The van der Waals surface area contributed by atoms with Gasteiger partial charge in [-0.05, 0) is 56.3 Å². The number of aryl methyl sites for hydroxylation is 3. The highest BCUT2D eigenvalue weighted by Gasteiger charge is 2.21. The van der Waals surface area contributed by atoms with E-state index in [1.54, 1.807) is 11.3 Å². The lowest BCUT2D eigenvalue weighted by Gasteiger charge is -2.20. The maximum absolute atomic E-state index is 12.7. The largest absolute Gasteiger partial charge is 0.325 e. The predicted molar refractivity (Wildman–Crippen MR) is 118 cm³/mol. The van der Waals surface area contributed by atoms with Crippen molar-refractivity contribution in [2.45, 2.75) is 46.1 Å². The smallest absolute Gasteiger partial charge is 0.259 e. The molecular formula is C22H26N4O2S. The van der Waals surface area contributed by atoms with Crippen LogP contribution in [0.25, 0.3) is 10.2 Å². The van der Waals surface area contributed by atoms with E-state index in [2.05, 4.69) is 17.2 Å². The van der Waals surface area contributed by atoms with Crippen LogP contribution in [0, 0.1) is 6.92 Å². The number of amides is 1. The van der Waals surface area contributed by atoms with Gasteiger partial charge < -0.3 is 10.3 Å². The summed E-state index contributed by atoms with van der Waals surface area (Å²) in [6, 6.07) is 7.74. The van der Waals surface area contributed by atoms with Crippen molar-refractivity contribution >= 4 is 33.1 Å². The quantitative estimate of drug-likeness (QED) is 0.623. The van der Waals surface area contributed by atoms with Crippen LogP contribution in [0.5, 0.6) is 0 Å². The van der Waals surface area contributed by atoms with E-state index in [-0.39, 0.29) is 18.0 Å². The number of hydrogen-bond acceptors (Lipinski definition) is 5. The lowest BCUT2D eigenvalue weighted by Crippen LogP contribution is -2.34. The molecule has 0 spiro atoms. The fourth-order valence-corrected chi connectivity index (χ4v) is 5.25. The minimum Gasteiger partial charge on any atom is -0.325 e. The van der Waals surface area contributed by atoms with Gasteiger partial charge >= 0.3 is 0 Å². The standard InChI is InChI=1S/C22H26N4O2S/c1-3-11-26(13-19(27)23-16-9-5-4-7-14(16)2)12-18-24-21(28)20-15-8-6-10-17(15)29-22(20)25-18/h4-5,7,9H,3,6,8,10-13H2,1-2H3,(H,23,27)(H,24,25,28). The molecule has 7 heteroatoms. The summed E-state index contributed by atoms with van der Waals surface area (Å²) < 4.78 is 0. The third kappa shape index (κ3) is 4.26. The van der Waals surface area contributed by atoms with E-state index in [0.29, 0.717) is 12.4 Å². The van der Waals surface area contributed by atoms with Gasteiger partial charge in [-0.2, -0.15) is 0 Å². The zero-order valence-corrected chi connectivity index (χ0v) is 17.7. The topological polar surface area (TPSA) is 78.1 Å². The maximum atomic E-state index is 12.7. The zero-order chi connectivity index (χ0) is 20.4. The molecule has 0 fully saturated rings. The molecule has 1 amide bonds. The van der Waals surface area contributed by atoms with Crippen LogP contribution in [0.15, 0.2) is 29.1 Å². The molecule has 2 heterocycles. The second kappa shape index (κ2) is 8.47. The summed E-state index contributed by atoms with van der Waals surface area (Å²) in [6.07, 6.45) is 4.06. The van der Waals surface area contributed by atoms with Gasteiger partial charge in [0.2, 0.25) is 5.91 Å².